The number of aryl methyl sites for hydroxylation is 1. The molecule has 0 aliphatic heterocycles. The van der Waals surface area contributed by atoms with Crippen molar-refractivity contribution in [2.75, 3.05) is 13.2 Å². The van der Waals surface area contributed by atoms with Gasteiger partial charge in [0.05, 0.1) is 19.8 Å². The molecule has 3 rings (SSSR count). The zero-order valence-electron chi connectivity index (χ0n) is 19.0. The number of carbonyl (C=O) groups excluding carboxylic acids is 1. The molecule has 1 unspecified atom stereocenters. The smallest absolute Gasteiger partial charge is 0.306 e. The number of hydrogen-bond donors (Lipinski definition) is 0. The molecular formula is C26H31ClN2O3. The monoisotopic (exact) mass is 454 g/mol. The Hall–Kier alpha value is -2.79. The molecule has 0 spiro atoms. The topological polar surface area (TPSA) is 53.4 Å². The molecule has 2 aromatic carbocycles. The minimum atomic E-state index is -0.126. The Kier molecular flexibility index (Phi) is 8.74. The average molecular weight is 455 g/mol. The third-order valence-corrected chi connectivity index (χ3v) is 5.63. The first-order valence-corrected chi connectivity index (χ1v) is 11.5. The van der Waals surface area contributed by atoms with Gasteiger partial charge in [0.1, 0.15) is 11.6 Å². The Morgan fingerprint density at radius 1 is 1.16 bits per heavy atom. The highest BCUT2D eigenvalue weighted by atomic mass is 35.5. The fourth-order valence-electron chi connectivity index (χ4n) is 3.66. The first-order valence-electron chi connectivity index (χ1n) is 11.1. The van der Waals surface area contributed by atoms with E-state index in [2.05, 4.69) is 29.5 Å². The lowest BCUT2D eigenvalue weighted by Gasteiger charge is -2.16. The number of ether oxygens (including phenoxy) is 2. The Bertz CT molecular complexity index is 1010. The standard InChI is InChI=1S/C26H31ClN2O3/c1-4-31-25(30)16-19(2)8-7-15-32-24-10-6-5-9-22(24)18-29-20(3)17-28-26(29)21-11-13-23(27)14-12-21/h5-6,9-14,17,19H,4,7-8,15-16,18H2,1-3H3. The molecule has 0 radical (unpaired) electrons. The normalized spacial score (nSPS) is 11.9. The summed E-state index contributed by atoms with van der Waals surface area (Å²) in [7, 11) is 0. The average Bonchev–Trinajstić information content (AvgIpc) is 3.13. The summed E-state index contributed by atoms with van der Waals surface area (Å²) < 4.78 is 13.3. The quantitative estimate of drug-likeness (QED) is 0.251. The summed E-state index contributed by atoms with van der Waals surface area (Å²) in [6.07, 6.45) is 4.15. The van der Waals surface area contributed by atoms with Crippen molar-refractivity contribution < 1.29 is 14.3 Å². The van der Waals surface area contributed by atoms with E-state index in [1.165, 1.54) is 0 Å². The molecule has 5 nitrogen and oxygen atoms in total. The highest BCUT2D eigenvalue weighted by Gasteiger charge is 2.13. The SMILES string of the molecule is CCOC(=O)CC(C)CCCOc1ccccc1Cn1c(C)cnc1-c1ccc(Cl)cc1. The van der Waals surface area contributed by atoms with Crippen LogP contribution in [-0.2, 0) is 16.1 Å². The molecule has 1 atom stereocenters. The van der Waals surface area contributed by atoms with Gasteiger partial charge in [-0.2, -0.15) is 0 Å². The number of imidazole rings is 1. The molecule has 0 aliphatic carbocycles. The number of para-hydroxylation sites is 1. The molecule has 170 valence electrons. The number of hydrogen-bond acceptors (Lipinski definition) is 4. The second-order valence-corrected chi connectivity index (χ2v) is 8.47. The maximum Gasteiger partial charge on any atom is 0.306 e. The van der Waals surface area contributed by atoms with Crippen LogP contribution < -0.4 is 4.74 Å². The molecule has 0 amide bonds. The summed E-state index contributed by atoms with van der Waals surface area (Å²) in [5, 5.41) is 0.707. The summed E-state index contributed by atoms with van der Waals surface area (Å²) in [5.74, 6) is 1.93. The van der Waals surface area contributed by atoms with E-state index in [1.807, 2.05) is 55.6 Å². The maximum absolute atomic E-state index is 11.6. The van der Waals surface area contributed by atoms with Crippen molar-refractivity contribution in [3.63, 3.8) is 0 Å². The van der Waals surface area contributed by atoms with Gasteiger partial charge in [-0.05, 0) is 62.9 Å². The predicted molar refractivity (Wildman–Crippen MR) is 128 cm³/mol. The van der Waals surface area contributed by atoms with Crippen LogP contribution in [0, 0.1) is 12.8 Å². The summed E-state index contributed by atoms with van der Waals surface area (Å²) in [6, 6.07) is 15.8. The fourth-order valence-corrected chi connectivity index (χ4v) is 3.78. The lowest BCUT2D eigenvalue weighted by Crippen LogP contribution is -2.11. The molecular weight excluding hydrogens is 424 g/mol. The molecule has 0 saturated carbocycles. The van der Waals surface area contributed by atoms with Gasteiger partial charge < -0.3 is 14.0 Å². The Morgan fingerprint density at radius 2 is 1.91 bits per heavy atom. The minimum absolute atomic E-state index is 0.126. The van der Waals surface area contributed by atoms with E-state index in [0.29, 0.717) is 31.2 Å². The van der Waals surface area contributed by atoms with Crippen LogP contribution in [0.5, 0.6) is 5.75 Å². The van der Waals surface area contributed by atoms with E-state index >= 15 is 0 Å². The zero-order chi connectivity index (χ0) is 22.9. The lowest BCUT2D eigenvalue weighted by atomic mass is 10.0. The van der Waals surface area contributed by atoms with Crippen molar-refractivity contribution in [2.45, 2.75) is 46.6 Å². The minimum Gasteiger partial charge on any atom is -0.493 e. The number of carbonyl (C=O) groups is 1. The second kappa shape index (κ2) is 11.7. The van der Waals surface area contributed by atoms with Crippen LogP contribution in [0.2, 0.25) is 5.02 Å². The summed E-state index contributed by atoms with van der Waals surface area (Å²) in [6.45, 7) is 7.67. The van der Waals surface area contributed by atoms with Gasteiger partial charge in [0.15, 0.2) is 0 Å². The molecule has 0 bridgehead atoms. The van der Waals surface area contributed by atoms with Gasteiger partial charge in [0, 0.05) is 34.5 Å². The first-order chi connectivity index (χ1) is 15.5. The molecule has 0 fully saturated rings. The van der Waals surface area contributed by atoms with Crippen molar-refractivity contribution in [1.82, 2.24) is 9.55 Å². The molecule has 0 N–H and O–H groups in total. The predicted octanol–water partition coefficient (Wildman–Crippen LogP) is 6.31. The van der Waals surface area contributed by atoms with Crippen molar-refractivity contribution in [3.05, 3.63) is 71.0 Å². The summed E-state index contributed by atoms with van der Waals surface area (Å²) in [4.78, 5) is 16.2. The molecule has 6 heteroatoms. The van der Waals surface area contributed by atoms with Crippen LogP contribution in [-0.4, -0.2) is 28.7 Å². The third-order valence-electron chi connectivity index (χ3n) is 5.38. The van der Waals surface area contributed by atoms with Gasteiger partial charge in [0.25, 0.3) is 0 Å². The van der Waals surface area contributed by atoms with Crippen LogP contribution in [0.3, 0.4) is 0 Å². The van der Waals surface area contributed by atoms with Crippen LogP contribution in [0.4, 0.5) is 0 Å². The highest BCUT2D eigenvalue weighted by molar-refractivity contribution is 6.30. The van der Waals surface area contributed by atoms with E-state index in [1.54, 1.807) is 0 Å². The molecule has 1 aromatic heterocycles. The van der Waals surface area contributed by atoms with Gasteiger partial charge in [-0.25, -0.2) is 4.98 Å². The Morgan fingerprint density at radius 3 is 2.66 bits per heavy atom. The zero-order valence-corrected chi connectivity index (χ0v) is 19.8. The van der Waals surface area contributed by atoms with E-state index in [9.17, 15) is 4.79 Å². The summed E-state index contributed by atoms with van der Waals surface area (Å²) >= 11 is 6.05. The molecule has 32 heavy (non-hydrogen) atoms. The number of benzene rings is 2. The third kappa shape index (κ3) is 6.60. The number of halogens is 1. The Labute approximate surface area is 195 Å². The number of rotatable bonds is 11. The number of esters is 1. The van der Waals surface area contributed by atoms with E-state index in [4.69, 9.17) is 21.1 Å². The van der Waals surface area contributed by atoms with Crippen molar-refractivity contribution in [2.24, 2.45) is 5.92 Å². The van der Waals surface area contributed by atoms with Gasteiger partial charge in [-0.3, -0.25) is 4.79 Å². The van der Waals surface area contributed by atoms with Gasteiger partial charge >= 0.3 is 5.97 Å². The van der Waals surface area contributed by atoms with Gasteiger partial charge in [-0.15, -0.1) is 0 Å². The second-order valence-electron chi connectivity index (χ2n) is 8.03. The largest absolute Gasteiger partial charge is 0.493 e. The van der Waals surface area contributed by atoms with Crippen molar-refractivity contribution in [1.29, 1.82) is 0 Å². The molecule has 0 saturated heterocycles. The molecule has 3 aromatic rings. The van der Waals surface area contributed by atoms with Crippen LogP contribution in [0.25, 0.3) is 11.4 Å². The van der Waals surface area contributed by atoms with Gasteiger partial charge in [0.2, 0.25) is 0 Å². The lowest BCUT2D eigenvalue weighted by molar-refractivity contribution is -0.144. The van der Waals surface area contributed by atoms with Crippen LogP contribution >= 0.6 is 11.6 Å². The highest BCUT2D eigenvalue weighted by Crippen LogP contribution is 2.26. The van der Waals surface area contributed by atoms with E-state index < -0.39 is 0 Å². The van der Waals surface area contributed by atoms with Crippen molar-refractivity contribution in [3.8, 4) is 17.1 Å². The van der Waals surface area contributed by atoms with E-state index in [-0.39, 0.29) is 11.9 Å². The van der Waals surface area contributed by atoms with Crippen molar-refractivity contribution >= 4 is 17.6 Å². The van der Waals surface area contributed by atoms with Crippen LogP contribution in [0.1, 0.15) is 44.4 Å². The van der Waals surface area contributed by atoms with Crippen LogP contribution in [0.15, 0.2) is 54.7 Å². The number of nitrogens with zero attached hydrogens (tertiary/aromatic N) is 2. The molecule has 0 aliphatic rings. The maximum atomic E-state index is 11.6. The number of aromatic nitrogens is 2. The summed E-state index contributed by atoms with van der Waals surface area (Å²) in [5.41, 5.74) is 3.21. The van der Waals surface area contributed by atoms with E-state index in [0.717, 1.165) is 41.2 Å². The fraction of sp³-hybridized carbons (Fsp3) is 0.385. The van der Waals surface area contributed by atoms with Gasteiger partial charge in [-0.1, -0.05) is 36.7 Å². The molecule has 1 heterocycles. The Balaban J connectivity index is 1.62. The first kappa shape index (κ1) is 23.9.